The first-order valence-electron chi connectivity index (χ1n) is 6.61. The zero-order valence-corrected chi connectivity index (χ0v) is 13.3. The van der Waals surface area contributed by atoms with Crippen LogP contribution in [0.5, 0.6) is 0 Å². The Hall–Kier alpha value is -1.88. The number of rotatable bonds is 4. The number of hydrogen-bond donors (Lipinski definition) is 2. The Morgan fingerprint density at radius 1 is 1.05 bits per heavy atom. The number of nitrogens with zero attached hydrogens (tertiary/aromatic N) is 1. The Balaban J connectivity index is 1.86. The van der Waals surface area contributed by atoms with Crippen LogP contribution in [0.3, 0.4) is 0 Å². The van der Waals surface area contributed by atoms with Crippen molar-refractivity contribution in [2.24, 2.45) is 4.99 Å². The summed E-state index contributed by atoms with van der Waals surface area (Å²) in [5, 5.41) is 6.29. The molecule has 0 bridgehead atoms. The summed E-state index contributed by atoms with van der Waals surface area (Å²) >= 11 is 3.40. The fourth-order valence-corrected chi connectivity index (χ4v) is 2.09. The van der Waals surface area contributed by atoms with Crippen molar-refractivity contribution < 1.29 is 4.39 Å². The van der Waals surface area contributed by atoms with E-state index in [-0.39, 0.29) is 5.82 Å². The maximum absolute atomic E-state index is 13.5. The number of nitrogens with one attached hydrogen (secondary N) is 2. The smallest absolute Gasteiger partial charge is 0.191 e. The molecule has 110 valence electrons. The van der Waals surface area contributed by atoms with Crippen molar-refractivity contribution in [1.82, 2.24) is 10.6 Å². The molecule has 21 heavy (non-hydrogen) atoms. The maximum Gasteiger partial charge on any atom is 0.191 e. The maximum atomic E-state index is 13.5. The first-order chi connectivity index (χ1) is 10.2. The monoisotopic (exact) mass is 349 g/mol. The molecule has 0 spiro atoms. The lowest BCUT2D eigenvalue weighted by Gasteiger charge is -2.12. The van der Waals surface area contributed by atoms with E-state index in [0.717, 1.165) is 10.0 Å². The van der Waals surface area contributed by atoms with Gasteiger partial charge in [0.25, 0.3) is 0 Å². The van der Waals surface area contributed by atoms with Crippen molar-refractivity contribution in [3.05, 3.63) is 69.9 Å². The van der Waals surface area contributed by atoms with Crippen LogP contribution >= 0.6 is 15.9 Å². The van der Waals surface area contributed by atoms with Crippen LogP contribution in [-0.4, -0.2) is 13.0 Å². The fraction of sp³-hybridized carbons (Fsp3) is 0.188. The highest BCUT2D eigenvalue weighted by atomic mass is 79.9. The molecule has 0 aliphatic rings. The summed E-state index contributed by atoms with van der Waals surface area (Å²) in [6.07, 6.45) is 0. The van der Waals surface area contributed by atoms with Crippen LogP contribution in [0.1, 0.15) is 11.1 Å². The Bertz CT molecular complexity index is 611. The van der Waals surface area contributed by atoms with Gasteiger partial charge in [-0.1, -0.05) is 46.3 Å². The molecule has 2 aromatic rings. The molecule has 0 heterocycles. The Morgan fingerprint density at radius 3 is 2.38 bits per heavy atom. The summed E-state index contributed by atoms with van der Waals surface area (Å²) in [6, 6.07) is 14.7. The molecule has 0 fully saturated rings. The van der Waals surface area contributed by atoms with Gasteiger partial charge in [-0.25, -0.2) is 4.39 Å². The molecular formula is C16H17BrFN3. The molecule has 0 unspecified atom stereocenters. The fourth-order valence-electron chi connectivity index (χ4n) is 1.83. The quantitative estimate of drug-likeness (QED) is 0.655. The molecule has 0 atom stereocenters. The zero-order valence-electron chi connectivity index (χ0n) is 11.7. The van der Waals surface area contributed by atoms with E-state index in [2.05, 4.69) is 31.6 Å². The van der Waals surface area contributed by atoms with E-state index in [1.165, 1.54) is 6.07 Å². The van der Waals surface area contributed by atoms with Crippen molar-refractivity contribution in [1.29, 1.82) is 0 Å². The van der Waals surface area contributed by atoms with Gasteiger partial charge in [-0.2, -0.15) is 0 Å². The van der Waals surface area contributed by atoms with Gasteiger partial charge >= 0.3 is 0 Å². The molecule has 3 nitrogen and oxygen atoms in total. The highest BCUT2D eigenvalue weighted by Gasteiger charge is 2.02. The van der Waals surface area contributed by atoms with Crippen LogP contribution in [-0.2, 0) is 13.1 Å². The minimum atomic E-state index is -0.214. The van der Waals surface area contributed by atoms with E-state index in [0.29, 0.717) is 24.6 Å². The van der Waals surface area contributed by atoms with Crippen molar-refractivity contribution in [3.63, 3.8) is 0 Å². The summed E-state index contributed by atoms with van der Waals surface area (Å²) in [7, 11) is 1.69. The number of halogens is 2. The van der Waals surface area contributed by atoms with E-state index in [1.807, 2.05) is 30.3 Å². The molecule has 0 amide bonds. The predicted octanol–water partition coefficient (Wildman–Crippen LogP) is 3.45. The Kier molecular flexibility index (Phi) is 5.75. The van der Waals surface area contributed by atoms with Gasteiger partial charge in [0.2, 0.25) is 0 Å². The van der Waals surface area contributed by atoms with Crippen LogP contribution < -0.4 is 10.6 Å². The highest BCUT2D eigenvalue weighted by Crippen LogP contribution is 2.10. The second kappa shape index (κ2) is 7.78. The van der Waals surface area contributed by atoms with Crippen LogP contribution in [0.25, 0.3) is 0 Å². The van der Waals surface area contributed by atoms with Gasteiger partial charge in [-0.3, -0.25) is 4.99 Å². The molecule has 2 aromatic carbocycles. The van der Waals surface area contributed by atoms with Gasteiger partial charge in [-0.05, 0) is 23.8 Å². The number of aliphatic imine (C=N–C) groups is 1. The molecule has 0 saturated carbocycles. The number of hydrogen-bond acceptors (Lipinski definition) is 1. The van der Waals surface area contributed by atoms with Crippen LogP contribution in [0.4, 0.5) is 4.39 Å². The number of guanidine groups is 1. The SMILES string of the molecule is CN=C(NCc1ccc(Br)cc1)NCc1ccccc1F. The molecule has 0 saturated heterocycles. The predicted molar refractivity (Wildman–Crippen MR) is 87.6 cm³/mol. The van der Waals surface area contributed by atoms with E-state index in [1.54, 1.807) is 19.2 Å². The molecule has 2 N–H and O–H groups in total. The Morgan fingerprint density at radius 2 is 1.71 bits per heavy atom. The second-order valence-corrected chi connectivity index (χ2v) is 5.41. The third kappa shape index (κ3) is 4.86. The lowest BCUT2D eigenvalue weighted by atomic mass is 10.2. The first-order valence-corrected chi connectivity index (χ1v) is 7.40. The standard InChI is InChI=1S/C16H17BrFN3/c1-19-16(20-10-12-6-8-14(17)9-7-12)21-11-13-4-2-3-5-15(13)18/h2-9H,10-11H2,1H3,(H2,19,20,21). The lowest BCUT2D eigenvalue weighted by Crippen LogP contribution is -2.36. The van der Waals surface area contributed by atoms with Gasteiger partial charge in [-0.15, -0.1) is 0 Å². The van der Waals surface area contributed by atoms with Gasteiger partial charge < -0.3 is 10.6 Å². The van der Waals surface area contributed by atoms with E-state index in [4.69, 9.17) is 0 Å². The molecule has 5 heteroatoms. The van der Waals surface area contributed by atoms with Crippen molar-refractivity contribution in [3.8, 4) is 0 Å². The van der Waals surface area contributed by atoms with Crippen LogP contribution in [0.2, 0.25) is 0 Å². The summed E-state index contributed by atoms with van der Waals surface area (Å²) < 4.78 is 14.6. The average Bonchev–Trinajstić information content (AvgIpc) is 2.51. The van der Waals surface area contributed by atoms with Crippen LogP contribution in [0, 0.1) is 5.82 Å². The molecule has 0 aromatic heterocycles. The van der Waals surface area contributed by atoms with Crippen LogP contribution in [0.15, 0.2) is 58.0 Å². The third-order valence-corrected chi connectivity index (χ3v) is 3.53. The largest absolute Gasteiger partial charge is 0.352 e. The molecule has 2 rings (SSSR count). The van der Waals surface area contributed by atoms with E-state index in [9.17, 15) is 4.39 Å². The third-order valence-electron chi connectivity index (χ3n) is 3.00. The molecular weight excluding hydrogens is 333 g/mol. The van der Waals surface area contributed by atoms with Gasteiger partial charge in [0.15, 0.2) is 5.96 Å². The summed E-state index contributed by atoms with van der Waals surface area (Å²) in [4.78, 5) is 4.13. The van der Waals surface area contributed by atoms with Gasteiger partial charge in [0.1, 0.15) is 5.82 Å². The first kappa shape index (κ1) is 15.5. The highest BCUT2D eigenvalue weighted by molar-refractivity contribution is 9.10. The van der Waals surface area contributed by atoms with Gasteiger partial charge in [0, 0.05) is 30.2 Å². The van der Waals surface area contributed by atoms with Crippen molar-refractivity contribution >= 4 is 21.9 Å². The summed E-state index contributed by atoms with van der Waals surface area (Å²) in [5.41, 5.74) is 1.76. The Labute approximate surface area is 132 Å². The molecule has 0 radical (unpaired) electrons. The summed E-state index contributed by atoms with van der Waals surface area (Å²) in [5.74, 6) is 0.425. The minimum absolute atomic E-state index is 0.214. The normalized spacial score (nSPS) is 11.3. The second-order valence-electron chi connectivity index (χ2n) is 4.50. The summed E-state index contributed by atoms with van der Waals surface area (Å²) in [6.45, 7) is 1.05. The number of benzene rings is 2. The zero-order chi connectivity index (χ0) is 15.1. The van der Waals surface area contributed by atoms with E-state index >= 15 is 0 Å². The van der Waals surface area contributed by atoms with Gasteiger partial charge in [0.05, 0.1) is 0 Å². The van der Waals surface area contributed by atoms with E-state index < -0.39 is 0 Å². The molecule has 0 aliphatic carbocycles. The topological polar surface area (TPSA) is 36.4 Å². The lowest BCUT2D eigenvalue weighted by molar-refractivity contribution is 0.604. The average molecular weight is 350 g/mol. The molecule has 0 aliphatic heterocycles. The van der Waals surface area contributed by atoms with Crippen molar-refractivity contribution in [2.75, 3.05) is 7.05 Å². The van der Waals surface area contributed by atoms with Crippen molar-refractivity contribution in [2.45, 2.75) is 13.1 Å². The minimum Gasteiger partial charge on any atom is -0.352 e.